The van der Waals surface area contributed by atoms with Gasteiger partial charge in [-0.05, 0) is 19.1 Å². The second kappa shape index (κ2) is 3.84. The van der Waals surface area contributed by atoms with Crippen molar-refractivity contribution in [1.29, 1.82) is 0 Å². The molecule has 1 aromatic heterocycles. The second-order valence-electron chi connectivity index (χ2n) is 3.24. The van der Waals surface area contributed by atoms with Crippen molar-refractivity contribution in [2.24, 2.45) is 0 Å². The molecule has 0 radical (unpaired) electrons. The van der Waals surface area contributed by atoms with E-state index in [0.717, 1.165) is 10.1 Å². The van der Waals surface area contributed by atoms with Crippen LogP contribution in [0.15, 0.2) is 0 Å². The lowest BCUT2D eigenvalue weighted by Gasteiger charge is -2.14. The topological polar surface area (TPSA) is 37.8 Å². The highest BCUT2D eigenvalue weighted by atomic mass is 32.2. The third-order valence-electron chi connectivity index (χ3n) is 2.21. The van der Waals surface area contributed by atoms with Gasteiger partial charge in [0.15, 0.2) is 0 Å². The fourth-order valence-electron chi connectivity index (χ4n) is 1.43. The Labute approximate surface area is 86.3 Å². The number of anilines is 1. The van der Waals surface area contributed by atoms with Crippen molar-refractivity contribution in [2.75, 3.05) is 11.1 Å². The summed E-state index contributed by atoms with van der Waals surface area (Å²) in [7, 11) is 0. The molecule has 5 heteroatoms. The number of nitrogens with zero attached hydrogens (tertiary/aromatic N) is 2. The van der Waals surface area contributed by atoms with Crippen LogP contribution in [0.5, 0.6) is 0 Å². The molecule has 1 aromatic rings. The van der Waals surface area contributed by atoms with Crippen molar-refractivity contribution < 1.29 is 0 Å². The molecule has 0 spiro atoms. The van der Waals surface area contributed by atoms with Crippen LogP contribution in [-0.4, -0.2) is 27.2 Å². The first-order valence-electron chi connectivity index (χ1n) is 4.44. The monoisotopic (exact) mass is 215 g/mol. The SMILES string of the molecule is Cc1nnc(NC2CCSC2C)s1. The normalized spacial score (nSPS) is 27.8. The molecule has 1 fully saturated rings. The first kappa shape index (κ1) is 9.27. The quantitative estimate of drug-likeness (QED) is 0.820. The van der Waals surface area contributed by atoms with E-state index in [9.17, 15) is 0 Å². The lowest BCUT2D eigenvalue weighted by molar-refractivity contribution is 0.721. The molecule has 0 amide bonds. The summed E-state index contributed by atoms with van der Waals surface area (Å²) in [6.45, 7) is 4.25. The second-order valence-corrected chi connectivity index (χ2v) is 5.91. The lowest BCUT2D eigenvalue weighted by atomic mass is 10.2. The molecule has 1 aliphatic rings. The molecule has 0 aromatic carbocycles. The van der Waals surface area contributed by atoms with Crippen LogP contribution in [0, 0.1) is 6.92 Å². The van der Waals surface area contributed by atoms with Gasteiger partial charge in [0.1, 0.15) is 5.01 Å². The molecule has 0 aliphatic carbocycles. The number of aromatic nitrogens is 2. The molecule has 1 N–H and O–H groups in total. The van der Waals surface area contributed by atoms with E-state index in [4.69, 9.17) is 0 Å². The van der Waals surface area contributed by atoms with E-state index in [2.05, 4.69) is 22.4 Å². The maximum absolute atomic E-state index is 4.06. The van der Waals surface area contributed by atoms with Gasteiger partial charge in [-0.1, -0.05) is 18.3 Å². The number of thioether (sulfide) groups is 1. The zero-order valence-electron chi connectivity index (χ0n) is 7.78. The summed E-state index contributed by atoms with van der Waals surface area (Å²) < 4.78 is 0. The summed E-state index contributed by atoms with van der Waals surface area (Å²) in [6, 6.07) is 0.581. The molecular weight excluding hydrogens is 202 g/mol. The van der Waals surface area contributed by atoms with E-state index in [1.54, 1.807) is 11.3 Å². The maximum Gasteiger partial charge on any atom is 0.205 e. The minimum absolute atomic E-state index is 0.581. The Bertz CT molecular complexity index is 287. The van der Waals surface area contributed by atoms with Gasteiger partial charge in [0.25, 0.3) is 0 Å². The summed E-state index contributed by atoms with van der Waals surface area (Å²) in [5.74, 6) is 1.26. The molecular formula is C8H13N3S2. The van der Waals surface area contributed by atoms with Gasteiger partial charge in [0, 0.05) is 11.3 Å². The zero-order valence-corrected chi connectivity index (χ0v) is 9.41. The highest BCUT2D eigenvalue weighted by Gasteiger charge is 2.24. The van der Waals surface area contributed by atoms with E-state index in [0.29, 0.717) is 11.3 Å². The molecule has 0 saturated carbocycles. The zero-order chi connectivity index (χ0) is 9.26. The average Bonchev–Trinajstić information content (AvgIpc) is 2.64. The van der Waals surface area contributed by atoms with Gasteiger partial charge in [-0.3, -0.25) is 0 Å². The Morgan fingerprint density at radius 3 is 2.85 bits per heavy atom. The fraction of sp³-hybridized carbons (Fsp3) is 0.750. The molecule has 2 unspecified atom stereocenters. The van der Waals surface area contributed by atoms with E-state index < -0.39 is 0 Å². The maximum atomic E-state index is 4.06. The Hall–Kier alpha value is -0.290. The Kier molecular flexibility index (Phi) is 2.74. The summed E-state index contributed by atoms with van der Waals surface area (Å²) in [4.78, 5) is 0. The molecule has 0 bridgehead atoms. The predicted molar refractivity (Wildman–Crippen MR) is 58.6 cm³/mol. The predicted octanol–water partition coefficient (Wildman–Crippen LogP) is 2.15. The number of rotatable bonds is 2. The third kappa shape index (κ3) is 2.14. The van der Waals surface area contributed by atoms with Crippen molar-refractivity contribution >= 4 is 28.2 Å². The van der Waals surface area contributed by atoms with Crippen molar-refractivity contribution in [3.05, 3.63) is 5.01 Å². The van der Waals surface area contributed by atoms with Gasteiger partial charge in [-0.25, -0.2) is 0 Å². The molecule has 1 saturated heterocycles. The smallest absolute Gasteiger partial charge is 0.205 e. The van der Waals surface area contributed by atoms with E-state index in [1.165, 1.54) is 12.2 Å². The fourth-order valence-corrected chi connectivity index (χ4v) is 3.29. The van der Waals surface area contributed by atoms with Crippen LogP contribution in [0.25, 0.3) is 0 Å². The van der Waals surface area contributed by atoms with Crippen LogP contribution in [0.3, 0.4) is 0 Å². The van der Waals surface area contributed by atoms with E-state index >= 15 is 0 Å². The number of aryl methyl sites for hydroxylation is 1. The van der Waals surface area contributed by atoms with Crippen molar-refractivity contribution in [1.82, 2.24) is 10.2 Å². The van der Waals surface area contributed by atoms with Crippen molar-refractivity contribution in [2.45, 2.75) is 31.6 Å². The van der Waals surface area contributed by atoms with Crippen LogP contribution in [0.2, 0.25) is 0 Å². The van der Waals surface area contributed by atoms with Crippen LogP contribution < -0.4 is 5.32 Å². The summed E-state index contributed by atoms with van der Waals surface area (Å²) >= 11 is 3.66. The lowest BCUT2D eigenvalue weighted by Crippen LogP contribution is -2.24. The van der Waals surface area contributed by atoms with Gasteiger partial charge >= 0.3 is 0 Å². The number of hydrogen-bond donors (Lipinski definition) is 1. The highest BCUT2D eigenvalue weighted by molar-refractivity contribution is 8.00. The Morgan fingerprint density at radius 1 is 1.46 bits per heavy atom. The first-order valence-corrected chi connectivity index (χ1v) is 6.30. The molecule has 1 aliphatic heterocycles. The van der Waals surface area contributed by atoms with Crippen LogP contribution in [-0.2, 0) is 0 Å². The third-order valence-corrected chi connectivity index (χ3v) is 4.31. The highest BCUT2D eigenvalue weighted by Crippen LogP contribution is 2.29. The van der Waals surface area contributed by atoms with Gasteiger partial charge in [0.2, 0.25) is 5.13 Å². The van der Waals surface area contributed by atoms with Gasteiger partial charge in [-0.2, -0.15) is 11.8 Å². The van der Waals surface area contributed by atoms with Gasteiger partial charge in [-0.15, -0.1) is 10.2 Å². The minimum atomic E-state index is 0.581. The molecule has 3 nitrogen and oxygen atoms in total. The van der Waals surface area contributed by atoms with Crippen LogP contribution in [0.4, 0.5) is 5.13 Å². The summed E-state index contributed by atoms with van der Waals surface area (Å²) in [5, 5.41) is 14.2. The standard InChI is InChI=1S/C8H13N3S2/c1-5-7(3-4-12-5)9-8-11-10-6(2)13-8/h5,7H,3-4H2,1-2H3,(H,9,11). The Balaban J connectivity index is 1.97. The molecule has 13 heavy (non-hydrogen) atoms. The number of hydrogen-bond acceptors (Lipinski definition) is 5. The van der Waals surface area contributed by atoms with Crippen molar-refractivity contribution in [3.8, 4) is 0 Å². The molecule has 2 rings (SSSR count). The van der Waals surface area contributed by atoms with Crippen molar-refractivity contribution in [3.63, 3.8) is 0 Å². The summed E-state index contributed by atoms with van der Waals surface area (Å²) in [5.41, 5.74) is 0. The Morgan fingerprint density at radius 2 is 2.31 bits per heavy atom. The molecule has 2 atom stereocenters. The van der Waals surface area contributed by atoms with Crippen LogP contribution in [0.1, 0.15) is 18.4 Å². The summed E-state index contributed by atoms with van der Waals surface area (Å²) in [6.07, 6.45) is 1.24. The van der Waals surface area contributed by atoms with Gasteiger partial charge in [0.05, 0.1) is 0 Å². The van der Waals surface area contributed by atoms with E-state index in [1.807, 2.05) is 18.7 Å². The molecule has 72 valence electrons. The minimum Gasteiger partial charge on any atom is -0.356 e. The molecule has 2 heterocycles. The average molecular weight is 215 g/mol. The van der Waals surface area contributed by atoms with E-state index in [-0.39, 0.29) is 0 Å². The first-order chi connectivity index (χ1) is 6.25. The largest absolute Gasteiger partial charge is 0.356 e. The number of nitrogens with one attached hydrogen (secondary N) is 1. The van der Waals surface area contributed by atoms with Crippen LogP contribution >= 0.6 is 23.1 Å². The van der Waals surface area contributed by atoms with Gasteiger partial charge < -0.3 is 5.32 Å².